The van der Waals surface area contributed by atoms with Gasteiger partial charge in [0.1, 0.15) is 4.83 Å². The van der Waals surface area contributed by atoms with E-state index in [1.165, 1.54) is 6.07 Å². The number of aromatic nitrogens is 1. The average molecular weight is 296 g/mol. The molecule has 0 spiro atoms. The first-order chi connectivity index (χ1) is 8.09. The van der Waals surface area contributed by atoms with Crippen molar-refractivity contribution >= 4 is 32.8 Å². The summed E-state index contributed by atoms with van der Waals surface area (Å²) in [5.74, 6) is -0.923. The highest BCUT2D eigenvalue weighted by molar-refractivity contribution is 9.10. The van der Waals surface area contributed by atoms with Gasteiger partial charge in [-0.1, -0.05) is 28.1 Å². The molecule has 1 atom stereocenters. The van der Waals surface area contributed by atoms with E-state index in [1.54, 1.807) is 29.0 Å². The summed E-state index contributed by atoms with van der Waals surface area (Å²) in [4.78, 5) is 21.7. The van der Waals surface area contributed by atoms with Crippen molar-refractivity contribution in [3.8, 4) is 0 Å². The molecule has 5 heteroatoms. The van der Waals surface area contributed by atoms with Crippen molar-refractivity contribution in [1.29, 1.82) is 0 Å². The molecule has 2 rings (SSSR count). The summed E-state index contributed by atoms with van der Waals surface area (Å²) in [5.41, 5.74) is 0.684. The van der Waals surface area contributed by atoms with Gasteiger partial charge in [-0.2, -0.15) is 0 Å². The van der Waals surface area contributed by atoms with E-state index in [0.717, 1.165) is 5.52 Å². The Morgan fingerprint density at radius 1 is 1.35 bits per heavy atom. The van der Waals surface area contributed by atoms with Crippen LogP contribution in [0.5, 0.6) is 0 Å². The lowest BCUT2D eigenvalue weighted by Crippen LogP contribution is -2.21. The standard InChI is InChI=1S/C12H10BrNO3/c13-9(12(16)17)7-14-6-5-11(15)8-3-1-2-4-10(8)14/h1-6,9H,7H2,(H,16,17). The average Bonchev–Trinajstić information content (AvgIpc) is 2.33. The number of carboxylic acids is 1. The van der Waals surface area contributed by atoms with Crippen LogP contribution in [0, 0.1) is 0 Å². The van der Waals surface area contributed by atoms with Crippen LogP contribution in [0.25, 0.3) is 10.9 Å². The predicted octanol–water partition coefficient (Wildman–Crippen LogP) is 1.85. The molecule has 17 heavy (non-hydrogen) atoms. The molecule has 1 heterocycles. The van der Waals surface area contributed by atoms with Crippen molar-refractivity contribution < 1.29 is 9.90 Å². The van der Waals surface area contributed by atoms with Crippen LogP contribution in [0.3, 0.4) is 0 Å². The van der Waals surface area contributed by atoms with E-state index in [4.69, 9.17) is 5.11 Å². The Balaban J connectivity index is 2.52. The number of hydrogen-bond donors (Lipinski definition) is 1. The van der Waals surface area contributed by atoms with E-state index < -0.39 is 10.8 Å². The summed E-state index contributed by atoms with van der Waals surface area (Å²) in [6.07, 6.45) is 1.61. The van der Waals surface area contributed by atoms with Crippen molar-refractivity contribution in [2.75, 3.05) is 0 Å². The minimum absolute atomic E-state index is 0.0571. The number of pyridine rings is 1. The van der Waals surface area contributed by atoms with E-state index in [1.807, 2.05) is 6.07 Å². The Bertz CT molecular complexity index is 620. The van der Waals surface area contributed by atoms with Gasteiger partial charge < -0.3 is 9.67 Å². The molecular weight excluding hydrogens is 286 g/mol. The van der Waals surface area contributed by atoms with Crippen LogP contribution in [0.2, 0.25) is 0 Å². The fraction of sp³-hybridized carbons (Fsp3) is 0.167. The van der Waals surface area contributed by atoms with Crippen molar-refractivity contribution in [2.24, 2.45) is 0 Å². The molecule has 0 aliphatic heterocycles. The third-order valence-corrected chi connectivity index (χ3v) is 3.19. The first kappa shape index (κ1) is 11.9. The second kappa shape index (κ2) is 4.71. The molecule has 0 fully saturated rings. The van der Waals surface area contributed by atoms with Gasteiger partial charge in [-0.05, 0) is 12.1 Å². The Morgan fingerprint density at radius 2 is 2.06 bits per heavy atom. The molecule has 1 aromatic heterocycles. The summed E-state index contributed by atoms with van der Waals surface area (Å²) in [6.45, 7) is 0.274. The monoisotopic (exact) mass is 295 g/mol. The SMILES string of the molecule is O=C(O)C(Br)Cn1ccc(=O)c2ccccc21. The lowest BCUT2D eigenvalue weighted by atomic mass is 10.2. The zero-order valence-corrected chi connectivity index (χ0v) is 10.4. The van der Waals surface area contributed by atoms with E-state index in [-0.39, 0.29) is 12.0 Å². The van der Waals surface area contributed by atoms with Gasteiger partial charge in [-0.25, -0.2) is 0 Å². The van der Waals surface area contributed by atoms with Gasteiger partial charge in [0.25, 0.3) is 0 Å². The zero-order valence-electron chi connectivity index (χ0n) is 8.84. The van der Waals surface area contributed by atoms with Crippen LogP contribution >= 0.6 is 15.9 Å². The van der Waals surface area contributed by atoms with E-state index in [9.17, 15) is 9.59 Å². The number of rotatable bonds is 3. The van der Waals surface area contributed by atoms with Gasteiger partial charge in [-0.15, -0.1) is 0 Å². The number of aliphatic carboxylic acids is 1. The van der Waals surface area contributed by atoms with Gasteiger partial charge in [0, 0.05) is 24.2 Å². The van der Waals surface area contributed by atoms with Crippen LogP contribution in [0.1, 0.15) is 0 Å². The minimum Gasteiger partial charge on any atom is -0.480 e. The number of nitrogens with zero attached hydrogens (tertiary/aromatic N) is 1. The van der Waals surface area contributed by atoms with Crippen molar-refractivity contribution in [2.45, 2.75) is 11.4 Å². The van der Waals surface area contributed by atoms with Crippen LogP contribution in [-0.4, -0.2) is 20.5 Å². The minimum atomic E-state index is -0.923. The Labute approximate surface area is 106 Å². The molecule has 0 radical (unpaired) electrons. The highest BCUT2D eigenvalue weighted by Crippen LogP contribution is 2.12. The Morgan fingerprint density at radius 3 is 2.76 bits per heavy atom. The van der Waals surface area contributed by atoms with Crippen LogP contribution in [-0.2, 0) is 11.3 Å². The molecule has 1 aromatic carbocycles. The number of benzene rings is 1. The molecule has 4 nitrogen and oxygen atoms in total. The van der Waals surface area contributed by atoms with Crippen LogP contribution in [0.4, 0.5) is 0 Å². The lowest BCUT2D eigenvalue weighted by molar-refractivity contribution is -0.136. The number of alkyl halides is 1. The lowest BCUT2D eigenvalue weighted by Gasteiger charge is -2.12. The highest BCUT2D eigenvalue weighted by Gasteiger charge is 2.14. The quantitative estimate of drug-likeness (QED) is 0.879. The van der Waals surface area contributed by atoms with Crippen molar-refractivity contribution in [1.82, 2.24) is 4.57 Å². The molecule has 0 bridgehead atoms. The van der Waals surface area contributed by atoms with Crippen molar-refractivity contribution in [3.05, 3.63) is 46.8 Å². The van der Waals surface area contributed by atoms with Crippen LogP contribution < -0.4 is 5.43 Å². The number of fused-ring (bicyclic) bond motifs is 1. The molecule has 0 saturated carbocycles. The smallest absolute Gasteiger partial charge is 0.319 e. The highest BCUT2D eigenvalue weighted by atomic mass is 79.9. The topological polar surface area (TPSA) is 59.3 Å². The number of hydrogen-bond acceptors (Lipinski definition) is 2. The molecule has 0 amide bonds. The maximum absolute atomic E-state index is 11.6. The van der Waals surface area contributed by atoms with Crippen LogP contribution in [0.15, 0.2) is 41.3 Å². The molecule has 0 saturated heterocycles. The molecule has 0 aliphatic carbocycles. The zero-order chi connectivity index (χ0) is 12.4. The Kier molecular flexibility index (Phi) is 3.28. The predicted molar refractivity (Wildman–Crippen MR) is 68.6 cm³/mol. The van der Waals surface area contributed by atoms with E-state index >= 15 is 0 Å². The first-order valence-corrected chi connectivity index (χ1v) is 5.96. The Hall–Kier alpha value is -1.62. The largest absolute Gasteiger partial charge is 0.480 e. The number of para-hydroxylation sites is 1. The molecule has 1 unspecified atom stereocenters. The maximum Gasteiger partial charge on any atom is 0.319 e. The molecule has 88 valence electrons. The number of carboxylic acid groups (broad SMARTS) is 1. The maximum atomic E-state index is 11.6. The second-order valence-corrected chi connectivity index (χ2v) is 4.76. The van der Waals surface area contributed by atoms with Gasteiger partial charge in [-0.3, -0.25) is 9.59 Å². The fourth-order valence-corrected chi connectivity index (χ4v) is 1.98. The second-order valence-electron chi connectivity index (χ2n) is 3.66. The van der Waals surface area contributed by atoms with Crippen molar-refractivity contribution in [3.63, 3.8) is 0 Å². The van der Waals surface area contributed by atoms with Gasteiger partial charge in [0.15, 0.2) is 5.43 Å². The molecule has 1 N–H and O–H groups in total. The van der Waals surface area contributed by atoms with Gasteiger partial charge in [0.05, 0.1) is 5.52 Å². The third kappa shape index (κ3) is 2.39. The van der Waals surface area contributed by atoms with Gasteiger partial charge >= 0.3 is 5.97 Å². The summed E-state index contributed by atoms with van der Waals surface area (Å²) in [6, 6.07) is 8.60. The third-order valence-electron chi connectivity index (χ3n) is 2.51. The summed E-state index contributed by atoms with van der Waals surface area (Å²) >= 11 is 3.08. The molecule has 0 aliphatic rings. The summed E-state index contributed by atoms with van der Waals surface area (Å²) in [5, 5.41) is 9.45. The van der Waals surface area contributed by atoms with E-state index in [0.29, 0.717) is 5.39 Å². The normalized spacial score (nSPS) is 12.5. The molecular formula is C12H10BrNO3. The van der Waals surface area contributed by atoms with Gasteiger partial charge in [0.2, 0.25) is 0 Å². The summed E-state index contributed by atoms with van der Waals surface area (Å²) < 4.78 is 1.75. The summed E-state index contributed by atoms with van der Waals surface area (Å²) in [7, 11) is 0. The number of halogens is 1. The number of carbonyl (C=O) groups is 1. The first-order valence-electron chi connectivity index (χ1n) is 5.04. The van der Waals surface area contributed by atoms with E-state index in [2.05, 4.69) is 15.9 Å². The fourth-order valence-electron chi connectivity index (χ4n) is 1.67. The molecule has 2 aromatic rings.